The molecule has 6 heteroatoms. The third-order valence-corrected chi connectivity index (χ3v) is 4.47. The lowest BCUT2D eigenvalue weighted by molar-refractivity contribution is -0.137. The number of halogens is 3. The first-order valence-corrected chi connectivity index (χ1v) is 9.66. The second kappa shape index (κ2) is 10.2. The molecule has 0 aliphatic carbocycles. The second-order valence-corrected chi connectivity index (χ2v) is 6.97. The van der Waals surface area contributed by atoms with Gasteiger partial charge in [0.05, 0.1) is 5.56 Å². The first-order valence-electron chi connectivity index (χ1n) is 9.66. The fraction of sp³-hybridized carbons (Fsp3) is 0.250. The van der Waals surface area contributed by atoms with E-state index in [1.54, 1.807) is 12.2 Å². The Balaban J connectivity index is 1.42. The molecule has 0 radical (unpaired) electrons. The molecular formula is C24H24F3NO2. The van der Waals surface area contributed by atoms with Crippen LogP contribution in [0.15, 0.2) is 72.8 Å². The molecule has 3 nitrogen and oxygen atoms in total. The number of fused-ring (bicyclic) bond motifs is 1. The van der Waals surface area contributed by atoms with Crippen molar-refractivity contribution in [3.8, 4) is 11.5 Å². The minimum atomic E-state index is -4.30. The number of hydrogen-bond acceptors (Lipinski definition) is 3. The Hall–Kier alpha value is -2.99. The lowest BCUT2D eigenvalue weighted by Gasteiger charge is -2.20. The molecule has 2 aromatic carbocycles. The molecule has 0 saturated heterocycles. The van der Waals surface area contributed by atoms with E-state index in [4.69, 9.17) is 9.47 Å². The predicted molar refractivity (Wildman–Crippen MR) is 113 cm³/mol. The van der Waals surface area contributed by atoms with Crippen LogP contribution in [0, 0.1) is 0 Å². The fourth-order valence-electron chi connectivity index (χ4n) is 2.96. The van der Waals surface area contributed by atoms with Crippen LogP contribution >= 0.6 is 0 Å². The van der Waals surface area contributed by atoms with E-state index < -0.39 is 11.7 Å². The molecule has 0 saturated carbocycles. The summed E-state index contributed by atoms with van der Waals surface area (Å²) >= 11 is 0. The number of nitrogens with zero attached hydrogens (tertiary/aromatic N) is 1. The van der Waals surface area contributed by atoms with Gasteiger partial charge in [-0.05, 0) is 42.4 Å². The number of alkyl halides is 3. The number of benzene rings is 2. The summed E-state index contributed by atoms with van der Waals surface area (Å²) in [5, 5.41) is 0. The third-order valence-electron chi connectivity index (χ3n) is 4.47. The highest BCUT2D eigenvalue weighted by atomic mass is 19.4. The van der Waals surface area contributed by atoms with Crippen LogP contribution in [0.5, 0.6) is 11.5 Å². The van der Waals surface area contributed by atoms with Crippen molar-refractivity contribution >= 4 is 6.08 Å². The Bertz CT molecular complexity index is 915. The molecule has 1 aliphatic heterocycles. The number of likely N-dealkylation sites (N-methyl/N-ethyl adjacent to an activating group) is 1. The zero-order valence-corrected chi connectivity index (χ0v) is 16.7. The second-order valence-electron chi connectivity index (χ2n) is 6.97. The van der Waals surface area contributed by atoms with Crippen molar-refractivity contribution in [1.29, 1.82) is 0 Å². The van der Waals surface area contributed by atoms with Crippen molar-refractivity contribution in [2.75, 3.05) is 26.8 Å². The Morgan fingerprint density at radius 2 is 1.60 bits per heavy atom. The van der Waals surface area contributed by atoms with E-state index in [1.807, 2.05) is 49.6 Å². The summed E-state index contributed by atoms with van der Waals surface area (Å²) in [7, 11) is 2.04. The predicted octanol–water partition coefficient (Wildman–Crippen LogP) is 5.73. The van der Waals surface area contributed by atoms with E-state index in [-0.39, 0.29) is 0 Å². The smallest absolute Gasteiger partial charge is 0.416 e. The van der Waals surface area contributed by atoms with Crippen LogP contribution in [0.25, 0.3) is 6.08 Å². The normalized spacial score (nSPS) is 14.4. The average Bonchev–Trinajstić information content (AvgIpc) is 2.72. The highest BCUT2D eigenvalue weighted by molar-refractivity contribution is 5.51. The highest BCUT2D eigenvalue weighted by Crippen LogP contribution is 2.31. The van der Waals surface area contributed by atoms with Gasteiger partial charge in [-0.3, -0.25) is 4.90 Å². The molecule has 0 N–H and O–H groups in total. The standard InChI is InChI=1S/C24H24F3NO2/c1-28(18-20-10-13-22-23(17-20)30-16-15-29-22)14-6-4-2-3-5-7-19-8-11-21(12-9-19)24(25,26)27/h2-13,17H,14-16,18H2,1H3. The Labute approximate surface area is 174 Å². The summed E-state index contributed by atoms with van der Waals surface area (Å²) in [6.07, 6.45) is 6.97. The van der Waals surface area contributed by atoms with Crippen molar-refractivity contribution in [3.05, 3.63) is 89.5 Å². The molecule has 0 atom stereocenters. The van der Waals surface area contributed by atoms with Crippen molar-refractivity contribution < 1.29 is 22.6 Å². The lowest BCUT2D eigenvalue weighted by Crippen LogP contribution is -2.19. The fourth-order valence-corrected chi connectivity index (χ4v) is 2.96. The molecule has 2 aromatic rings. The Morgan fingerprint density at radius 3 is 2.33 bits per heavy atom. The Kier molecular flexibility index (Phi) is 7.36. The van der Waals surface area contributed by atoms with Gasteiger partial charge in [-0.2, -0.15) is 13.2 Å². The molecule has 0 aromatic heterocycles. The first-order chi connectivity index (χ1) is 14.4. The van der Waals surface area contributed by atoms with E-state index >= 15 is 0 Å². The molecule has 30 heavy (non-hydrogen) atoms. The summed E-state index contributed by atoms with van der Waals surface area (Å²) in [6.45, 7) is 2.73. The van der Waals surface area contributed by atoms with E-state index in [9.17, 15) is 13.2 Å². The monoisotopic (exact) mass is 415 g/mol. The molecule has 0 bridgehead atoms. The van der Waals surface area contributed by atoms with Crippen molar-refractivity contribution in [2.24, 2.45) is 0 Å². The van der Waals surface area contributed by atoms with Crippen molar-refractivity contribution in [3.63, 3.8) is 0 Å². The average molecular weight is 415 g/mol. The van der Waals surface area contributed by atoms with Crippen LogP contribution in [0.4, 0.5) is 13.2 Å². The van der Waals surface area contributed by atoms with Gasteiger partial charge in [-0.25, -0.2) is 0 Å². The number of hydrogen-bond donors (Lipinski definition) is 0. The number of rotatable bonds is 7. The van der Waals surface area contributed by atoms with Gasteiger partial charge >= 0.3 is 6.18 Å². The quantitative estimate of drug-likeness (QED) is 0.539. The zero-order chi connectivity index (χ0) is 21.4. The molecule has 1 heterocycles. The summed E-state index contributed by atoms with van der Waals surface area (Å²) in [5.41, 5.74) is 1.24. The third kappa shape index (κ3) is 6.52. The Morgan fingerprint density at radius 1 is 0.900 bits per heavy atom. The molecule has 0 unspecified atom stereocenters. The summed E-state index contributed by atoms with van der Waals surface area (Å²) in [5.74, 6) is 1.59. The zero-order valence-electron chi connectivity index (χ0n) is 16.7. The molecule has 158 valence electrons. The molecule has 1 aliphatic rings. The summed E-state index contributed by atoms with van der Waals surface area (Å²) in [6, 6.07) is 11.1. The van der Waals surface area contributed by atoms with Gasteiger partial charge in [0.25, 0.3) is 0 Å². The van der Waals surface area contributed by atoms with Gasteiger partial charge in [0, 0.05) is 13.1 Å². The van der Waals surface area contributed by atoms with Gasteiger partial charge in [0.1, 0.15) is 13.2 Å². The largest absolute Gasteiger partial charge is 0.486 e. The van der Waals surface area contributed by atoms with Crippen LogP contribution in [0.1, 0.15) is 16.7 Å². The summed E-state index contributed by atoms with van der Waals surface area (Å²) < 4.78 is 48.8. The van der Waals surface area contributed by atoms with Crippen LogP contribution < -0.4 is 9.47 Å². The van der Waals surface area contributed by atoms with Gasteiger partial charge in [0.2, 0.25) is 0 Å². The molecule has 0 fully saturated rings. The van der Waals surface area contributed by atoms with Gasteiger partial charge < -0.3 is 9.47 Å². The topological polar surface area (TPSA) is 21.7 Å². The molecule has 3 rings (SSSR count). The maximum Gasteiger partial charge on any atom is 0.416 e. The maximum absolute atomic E-state index is 12.5. The highest BCUT2D eigenvalue weighted by Gasteiger charge is 2.29. The van der Waals surface area contributed by atoms with Gasteiger partial charge in [-0.15, -0.1) is 0 Å². The van der Waals surface area contributed by atoms with E-state index in [0.717, 1.165) is 47.8 Å². The van der Waals surface area contributed by atoms with Gasteiger partial charge in [0.15, 0.2) is 11.5 Å². The number of ether oxygens (including phenoxy) is 2. The van der Waals surface area contributed by atoms with Crippen molar-refractivity contribution in [2.45, 2.75) is 12.7 Å². The molecule has 0 amide bonds. The van der Waals surface area contributed by atoms with E-state index in [1.165, 1.54) is 12.1 Å². The van der Waals surface area contributed by atoms with Crippen LogP contribution in [-0.4, -0.2) is 31.7 Å². The van der Waals surface area contributed by atoms with Crippen LogP contribution in [0.2, 0.25) is 0 Å². The maximum atomic E-state index is 12.5. The van der Waals surface area contributed by atoms with Crippen LogP contribution in [0.3, 0.4) is 0 Å². The minimum absolute atomic E-state index is 0.578. The molecular weight excluding hydrogens is 391 g/mol. The molecule has 0 spiro atoms. The van der Waals surface area contributed by atoms with E-state index in [2.05, 4.69) is 4.90 Å². The summed E-state index contributed by atoms with van der Waals surface area (Å²) in [4.78, 5) is 2.17. The van der Waals surface area contributed by atoms with Crippen LogP contribution in [-0.2, 0) is 12.7 Å². The SMILES string of the molecule is CN(CC=CC=CC=Cc1ccc(C(F)(F)F)cc1)Cc1ccc2c(c1)OCCO2. The van der Waals surface area contributed by atoms with E-state index in [0.29, 0.717) is 13.2 Å². The minimum Gasteiger partial charge on any atom is -0.486 e. The first kappa shape index (κ1) is 21.7. The lowest BCUT2D eigenvalue weighted by atomic mass is 10.1. The van der Waals surface area contributed by atoms with Gasteiger partial charge in [-0.1, -0.05) is 54.7 Å². The number of allylic oxidation sites excluding steroid dienone is 4. The van der Waals surface area contributed by atoms with Crippen molar-refractivity contribution in [1.82, 2.24) is 4.90 Å².